The molecule has 1 amide bonds. The Hall–Kier alpha value is -2.74. The molecule has 2 aromatic rings. The Kier molecular flexibility index (Phi) is 3.53. The number of rotatable bonds is 2. The predicted octanol–water partition coefficient (Wildman–Crippen LogP) is 2.65. The molecule has 19 heavy (non-hydrogen) atoms. The number of nitrogens with zero attached hydrogens (tertiary/aromatic N) is 2. The van der Waals surface area contributed by atoms with Crippen LogP contribution >= 0.6 is 0 Å². The summed E-state index contributed by atoms with van der Waals surface area (Å²) in [6, 6.07) is 8.97. The third-order valence-electron chi connectivity index (χ3n) is 2.57. The summed E-state index contributed by atoms with van der Waals surface area (Å²) in [6.45, 7) is 1.66. The van der Waals surface area contributed by atoms with Gasteiger partial charge in [0.2, 0.25) is 0 Å². The van der Waals surface area contributed by atoms with Gasteiger partial charge in [0.25, 0.3) is 5.91 Å². The number of amides is 1. The molecule has 0 radical (unpaired) electrons. The van der Waals surface area contributed by atoms with Crippen LogP contribution in [0.5, 0.6) is 0 Å². The maximum absolute atomic E-state index is 12.9. The molecule has 0 aliphatic carbocycles. The maximum Gasteiger partial charge on any atom is 0.257 e. The average molecular weight is 255 g/mol. The van der Waals surface area contributed by atoms with Crippen LogP contribution in [0.2, 0.25) is 0 Å². The molecule has 2 rings (SSSR count). The van der Waals surface area contributed by atoms with Gasteiger partial charge in [-0.2, -0.15) is 5.26 Å². The standard InChI is InChI=1S/C14H10FN3O/c1-9-6-11(15)3-4-12(9)14(19)18-13-5-2-10(7-16)8-17-13/h2-6,8H,1H3,(H,17,18,19). The van der Waals surface area contributed by atoms with Crippen molar-refractivity contribution in [3.63, 3.8) is 0 Å². The van der Waals surface area contributed by atoms with E-state index < -0.39 is 0 Å². The summed E-state index contributed by atoms with van der Waals surface area (Å²) in [5.74, 6) is -0.409. The van der Waals surface area contributed by atoms with E-state index in [2.05, 4.69) is 10.3 Å². The van der Waals surface area contributed by atoms with Crippen LogP contribution in [0.4, 0.5) is 10.2 Å². The highest BCUT2D eigenvalue weighted by molar-refractivity contribution is 6.04. The van der Waals surface area contributed by atoms with E-state index in [1.54, 1.807) is 13.0 Å². The number of benzene rings is 1. The van der Waals surface area contributed by atoms with Gasteiger partial charge in [-0.05, 0) is 42.8 Å². The molecular formula is C14H10FN3O. The summed E-state index contributed by atoms with van der Waals surface area (Å²) in [5.41, 5.74) is 1.34. The van der Waals surface area contributed by atoms with Gasteiger partial charge in [-0.1, -0.05) is 0 Å². The summed E-state index contributed by atoms with van der Waals surface area (Å²) in [5, 5.41) is 11.2. The lowest BCUT2D eigenvalue weighted by Crippen LogP contribution is -2.14. The first-order valence-corrected chi connectivity index (χ1v) is 5.54. The second-order valence-corrected chi connectivity index (χ2v) is 3.96. The van der Waals surface area contributed by atoms with E-state index >= 15 is 0 Å². The van der Waals surface area contributed by atoms with Crippen LogP contribution in [0, 0.1) is 24.1 Å². The van der Waals surface area contributed by atoms with Crippen LogP contribution in [0.25, 0.3) is 0 Å². The van der Waals surface area contributed by atoms with Crippen molar-refractivity contribution in [2.24, 2.45) is 0 Å². The van der Waals surface area contributed by atoms with Crippen molar-refractivity contribution >= 4 is 11.7 Å². The molecule has 0 unspecified atom stereocenters. The molecule has 1 heterocycles. The zero-order valence-electron chi connectivity index (χ0n) is 10.1. The van der Waals surface area contributed by atoms with Gasteiger partial charge < -0.3 is 5.32 Å². The van der Waals surface area contributed by atoms with Gasteiger partial charge in [0.15, 0.2) is 0 Å². The zero-order valence-corrected chi connectivity index (χ0v) is 10.1. The molecule has 0 fully saturated rings. The number of halogens is 1. The zero-order chi connectivity index (χ0) is 13.8. The first-order chi connectivity index (χ1) is 9.10. The van der Waals surface area contributed by atoms with Crippen LogP contribution in [-0.2, 0) is 0 Å². The lowest BCUT2D eigenvalue weighted by atomic mass is 10.1. The summed E-state index contributed by atoms with van der Waals surface area (Å²) < 4.78 is 12.9. The lowest BCUT2D eigenvalue weighted by Gasteiger charge is -2.07. The van der Waals surface area contributed by atoms with E-state index in [-0.39, 0.29) is 11.7 Å². The third kappa shape index (κ3) is 2.93. The van der Waals surface area contributed by atoms with Crippen LogP contribution in [0.3, 0.4) is 0 Å². The fraction of sp³-hybridized carbons (Fsp3) is 0.0714. The van der Waals surface area contributed by atoms with Gasteiger partial charge >= 0.3 is 0 Å². The summed E-state index contributed by atoms with van der Waals surface area (Å²) in [6.07, 6.45) is 1.37. The molecule has 1 N–H and O–H groups in total. The van der Waals surface area contributed by atoms with Crippen molar-refractivity contribution in [3.8, 4) is 6.07 Å². The molecule has 0 spiro atoms. The van der Waals surface area contributed by atoms with Gasteiger partial charge in [-0.15, -0.1) is 0 Å². The Labute approximate surface area is 109 Å². The van der Waals surface area contributed by atoms with Crippen molar-refractivity contribution in [2.45, 2.75) is 6.92 Å². The van der Waals surface area contributed by atoms with Crippen LogP contribution in [0.15, 0.2) is 36.5 Å². The molecule has 0 saturated carbocycles. The Balaban J connectivity index is 2.18. The third-order valence-corrected chi connectivity index (χ3v) is 2.57. The fourth-order valence-electron chi connectivity index (χ4n) is 1.60. The Morgan fingerprint density at radius 1 is 1.37 bits per heavy atom. The predicted molar refractivity (Wildman–Crippen MR) is 68.0 cm³/mol. The van der Waals surface area contributed by atoms with Gasteiger partial charge in [0, 0.05) is 11.8 Å². The first-order valence-electron chi connectivity index (χ1n) is 5.54. The summed E-state index contributed by atoms with van der Waals surface area (Å²) in [4.78, 5) is 15.9. The van der Waals surface area contributed by atoms with Crippen molar-refractivity contribution in [2.75, 3.05) is 5.32 Å². The molecule has 1 aromatic heterocycles. The quantitative estimate of drug-likeness (QED) is 0.897. The number of nitrogens with one attached hydrogen (secondary N) is 1. The molecular weight excluding hydrogens is 245 g/mol. The normalized spacial score (nSPS) is 9.74. The number of aryl methyl sites for hydroxylation is 1. The molecule has 4 nitrogen and oxygen atoms in total. The van der Waals surface area contributed by atoms with Crippen LogP contribution < -0.4 is 5.32 Å². The monoisotopic (exact) mass is 255 g/mol. The molecule has 0 aliphatic heterocycles. The number of pyridine rings is 1. The van der Waals surface area contributed by atoms with Crippen molar-refractivity contribution in [1.82, 2.24) is 4.98 Å². The molecule has 1 aromatic carbocycles. The van der Waals surface area contributed by atoms with Crippen molar-refractivity contribution in [1.29, 1.82) is 5.26 Å². The topological polar surface area (TPSA) is 65.8 Å². The molecule has 0 aliphatic rings. The van der Waals surface area contributed by atoms with Gasteiger partial charge in [0.1, 0.15) is 17.7 Å². The van der Waals surface area contributed by atoms with E-state index in [1.165, 1.54) is 30.5 Å². The molecule has 5 heteroatoms. The Morgan fingerprint density at radius 2 is 2.16 bits per heavy atom. The molecule has 0 atom stereocenters. The largest absolute Gasteiger partial charge is 0.307 e. The highest BCUT2D eigenvalue weighted by atomic mass is 19.1. The minimum Gasteiger partial charge on any atom is -0.307 e. The minimum absolute atomic E-state index is 0.340. The van der Waals surface area contributed by atoms with Crippen molar-refractivity contribution < 1.29 is 9.18 Å². The average Bonchev–Trinajstić information content (AvgIpc) is 2.39. The maximum atomic E-state index is 12.9. The number of carbonyl (C=O) groups excluding carboxylic acids is 1. The highest BCUT2D eigenvalue weighted by Gasteiger charge is 2.10. The van der Waals surface area contributed by atoms with E-state index in [9.17, 15) is 9.18 Å². The lowest BCUT2D eigenvalue weighted by molar-refractivity contribution is 0.102. The van der Waals surface area contributed by atoms with Gasteiger partial charge in [-0.25, -0.2) is 9.37 Å². The highest BCUT2D eigenvalue weighted by Crippen LogP contribution is 2.12. The molecule has 0 saturated heterocycles. The van der Waals surface area contributed by atoms with Crippen molar-refractivity contribution in [3.05, 3.63) is 59.0 Å². The first kappa shape index (κ1) is 12.7. The number of aromatic nitrogens is 1. The minimum atomic E-state index is -0.384. The second-order valence-electron chi connectivity index (χ2n) is 3.96. The second kappa shape index (κ2) is 5.27. The number of nitriles is 1. The fourth-order valence-corrected chi connectivity index (χ4v) is 1.60. The smallest absolute Gasteiger partial charge is 0.257 e. The molecule has 0 bridgehead atoms. The number of hydrogen-bond acceptors (Lipinski definition) is 3. The van der Waals surface area contributed by atoms with E-state index in [0.29, 0.717) is 22.5 Å². The summed E-state index contributed by atoms with van der Waals surface area (Å²) >= 11 is 0. The SMILES string of the molecule is Cc1cc(F)ccc1C(=O)Nc1ccc(C#N)cn1. The Morgan fingerprint density at radius 3 is 2.74 bits per heavy atom. The van der Waals surface area contributed by atoms with E-state index in [4.69, 9.17) is 5.26 Å². The number of hydrogen-bond donors (Lipinski definition) is 1. The summed E-state index contributed by atoms with van der Waals surface area (Å²) in [7, 11) is 0. The number of anilines is 1. The van der Waals surface area contributed by atoms with Gasteiger partial charge in [0.05, 0.1) is 5.56 Å². The number of carbonyl (C=O) groups is 1. The van der Waals surface area contributed by atoms with Crippen LogP contribution in [-0.4, -0.2) is 10.9 Å². The van der Waals surface area contributed by atoms with Crippen LogP contribution in [0.1, 0.15) is 21.5 Å². The van der Waals surface area contributed by atoms with E-state index in [1.807, 2.05) is 6.07 Å². The van der Waals surface area contributed by atoms with E-state index in [0.717, 1.165) is 0 Å². The van der Waals surface area contributed by atoms with Gasteiger partial charge in [-0.3, -0.25) is 4.79 Å². The molecule has 94 valence electrons. The Bertz CT molecular complexity index is 659.